The van der Waals surface area contributed by atoms with Gasteiger partial charge >= 0.3 is 5.97 Å². The van der Waals surface area contributed by atoms with E-state index in [9.17, 15) is 4.79 Å². The molecule has 98 valence electrons. The first-order chi connectivity index (χ1) is 9.11. The van der Waals surface area contributed by atoms with Gasteiger partial charge in [-0.15, -0.1) is 0 Å². The smallest absolute Gasteiger partial charge is 0.339 e. The molecule has 19 heavy (non-hydrogen) atoms. The van der Waals surface area contributed by atoms with E-state index in [2.05, 4.69) is 15.3 Å². The van der Waals surface area contributed by atoms with Gasteiger partial charge in [-0.2, -0.15) is 0 Å². The van der Waals surface area contributed by atoms with Crippen LogP contribution in [-0.2, 0) is 0 Å². The van der Waals surface area contributed by atoms with Crippen molar-refractivity contribution in [3.8, 4) is 5.75 Å². The number of aromatic nitrogens is 2. The number of rotatable bonds is 4. The molecule has 0 bridgehead atoms. The number of benzene rings is 1. The first kappa shape index (κ1) is 13.1. The maximum atomic E-state index is 11.0. The molecule has 1 aromatic carbocycles. The monoisotopic (exact) mass is 279 g/mol. The van der Waals surface area contributed by atoms with Gasteiger partial charge in [-0.3, -0.25) is 0 Å². The first-order valence-corrected chi connectivity index (χ1v) is 5.63. The zero-order valence-electron chi connectivity index (χ0n) is 9.92. The number of nitrogens with zero attached hydrogens (tertiary/aromatic N) is 2. The van der Waals surface area contributed by atoms with Crippen molar-refractivity contribution in [2.45, 2.75) is 0 Å². The van der Waals surface area contributed by atoms with E-state index in [0.717, 1.165) is 0 Å². The molecule has 1 heterocycles. The summed E-state index contributed by atoms with van der Waals surface area (Å²) in [5.41, 5.74) is 0.503. The van der Waals surface area contributed by atoms with Crippen LogP contribution in [0.2, 0.25) is 5.02 Å². The molecule has 0 saturated heterocycles. The van der Waals surface area contributed by atoms with Gasteiger partial charge in [0.1, 0.15) is 23.5 Å². The Morgan fingerprint density at radius 3 is 2.84 bits per heavy atom. The third kappa shape index (κ3) is 2.92. The third-order valence-corrected chi connectivity index (χ3v) is 2.68. The Bertz CT molecular complexity index is 605. The van der Waals surface area contributed by atoms with Gasteiger partial charge in [0.05, 0.1) is 17.8 Å². The molecule has 0 radical (unpaired) electrons. The zero-order chi connectivity index (χ0) is 13.8. The lowest BCUT2D eigenvalue weighted by Crippen LogP contribution is -2.02. The number of halogens is 1. The molecular formula is C12H10ClN3O3. The molecule has 2 aromatic rings. The molecular weight excluding hydrogens is 270 g/mol. The second-order valence-electron chi connectivity index (χ2n) is 3.56. The van der Waals surface area contributed by atoms with Crippen LogP contribution in [0.4, 0.5) is 11.5 Å². The third-order valence-electron chi connectivity index (χ3n) is 2.36. The minimum atomic E-state index is -1.10. The molecule has 2 N–H and O–H groups in total. The Balaban J connectivity index is 2.39. The fraction of sp³-hybridized carbons (Fsp3) is 0.0833. The summed E-state index contributed by atoms with van der Waals surface area (Å²) in [6.45, 7) is 0. The first-order valence-electron chi connectivity index (χ1n) is 5.25. The van der Waals surface area contributed by atoms with E-state index in [1.165, 1.54) is 25.6 Å². The van der Waals surface area contributed by atoms with Crippen molar-refractivity contribution in [1.29, 1.82) is 0 Å². The Morgan fingerprint density at radius 1 is 1.47 bits per heavy atom. The molecule has 0 unspecified atom stereocenters. The lowest BCUT2D eigenvalue weighted by molar-refractivity contribution is 0.0693. The van der Waals surface area contributed by atoms with Crippen LogP contribution in [0.25, 0.3) is 0 Å². The summed E-state index contributed by atoms with van der Waals surface area (Å²) in [7, 11) is 1.39. The highest BCUT2D eigenvalue weighted by Gasteiger charge is 2.15. The van der Waals surface area contributed by atoms with Crippen molar-refractivity contribution >= 4 is 29.1 Å². The van der Waals surface area contributed by atoms with Gasteiger partial charge in [-0.1, -0.05) is 11.6 Å². The molecule has 0 aliphatic heterocycles. The Morgan fingerprint density at radius 2 is 2.26 bits per heavy atom. The highest BCUT2D eigenvalue weighted by atomic mass is 35.5. The van der Waals surface area contributed by atoms with Crippen LogP contribution >= 0.6 is 11.6 Å². The fourth-order valence-electron chi connectivity index (χ4n) is 1.49. The number of anilines is 2. The SMILES string of the molecule is COc1cc(Nc2ccncn2)c(Cl)cc1C(=O)O. The van der Waals surface area contributed by atoms with Gasteiger partial charge in [0.2, 0.25) is 0 Å². The number of ether oxygens (including phenoxy) is 1. The van der Waals surface area contributed by atoms with Gasteiger partial charge in [0, 0.05) is 12.3 Å². The number of carbonyl (C=O) groups is 1. The lowest BCUT2D eigenvalue weighted by atomic mass is 10.2. The van der Waals surface area contributed by atoms with E-state index in [1.54, 1.807) is 12.3 Å². The van der Waals surface area contributed by atoms with Gasteiger partial charge < -0.3 is 15.2 Å². The number of methoxy groups -OCH3 is 1. The average molecular weight is 280 g/mol. The Hall–Kier alpha value is -2.34. The second-order valence-corrected chi connectivity index (χ2v) is 3.96. The van der Waals surface area contributed by atoms with Crippen LogP contribution in [-0.4, -0.2) is 28.2 Å². The van der Waals surface area contributed by atoms with Gasteiger partial charge in [-0.25, -0.2) is 14.8 Å². The molecule has 7 heteroatoms. The highest BCUT2D eigenvalue weighted by molar-refractivity contribution is 6.33. The van der Waals surface area contributed by atoms with Gasteiger partial charge in [-0.05, 0) is 12.1 Å². The Labute approximate surface area is 114 Å². The van der Waals surface area contributed by atoms with Crippen molar-refractivity contribution in [1.82, 2.24) is 9.97 Å². The lowest BCUT2D eigenvalue weighted by Gasteiger charge is -2.11. The van der Waals surface area contributed by atoms with Gasteiger partial charge in [0.15, 0.2) is 0 Å². The van der Waals surface area contributed by atoms with E-state index < -0.39 is 5.97 Å². The summed E-state index contributed by atoms with van der Waals surface area (Å²) in [6.07, 6.45) is 2.96. The molecule has 0 aliphatic rings. The molecule has 2 rings (SSSR count). The summed E-state index contributed by atoms with van der Waals surface area (Å²) in [5.74, 6) is -0.345. The number of hydrogen-bond acceptors (Lipinski definition) is 5. The molecule has 0 atom stereocenters. The van der Waals surface area contributed by atoms with Crippen LogP contribution in [0.1, 0.15) is 10.4 Å². The van der Waals surface area contributed by atoms with Crippen LogP contribution in [0.5, 0.6) is 5.75 Å². The minimum absolute atomic E-state index is 0.000683. The van der Waals surface area contributed by atoms with E-state index in [1.807, 2.05) is 0 Å². The summed E-state index contributed by atoms with van der Waals surface area (Å²) >= 11 is 6.03. The van der Waals surface area contributed by atoms with Crippen molar-refractivity contribution in [3.05, 3.63) is 41.3 Å². The molecule has 6 nitrogen and oxygen atoms in total. The molecule has 0 saturated carbocycles. The van der Waals surface area contributed by atoms with Crippen molar-refractivity contribution < 1.29 is 14.6 Å². The van der Waals surface area contributed by atoms with Crippen molar-refractivity contribution in [3.63, 3.8) is 0 Å². The highest BCUT2D eigenvalue weighted by Crippen LogP contribution is 2.32. The molecule has 0 amide bonds. The van der Waals surface area contributed by atoms with Crippen LogP contribution in [0.15, 0.2) is 30.7 Å². The number of aromatic carboxylic acids is 1. The maximum absolute atomic E-state index is 11.0. The number of carboxylic acids is 1. The van der Waals surface area contributed by atoms with Crippen LogP contribution < -0.4 is 10.1 Å². The van der Waals surface area contributed by atoms with Crippen LogP contribution in [0, 0.1) is 0 Å². The largest absolute Gasteiger partial charge is 0.496 e. The summed E-state index contributed by atoms with van der Waals surface area (Å²) in [4.78, 5) is 18.8. The quantitative estimate of drug-likeness (QED) is 0.895. The van der Waals surface area contributed by atoms with Gasteiger partial charge in [0.25, 0.3) is 0 Å². The summed E-state index contributed by atoms with van der Waals surface area (Å²) in [5, 5.41) is 12.2. The standard InChI is InChI=1S/C12H10ClN3O3/c1-19-10-5-9(8(13)4-7(10)12(17)18)16-11-2-3-14-6-15-11/h2-6H,1H3,(H,17,18)(H,14,15,16). The number of hydrogen-bond donors (Lipinski definition) is 2. The average Bonchev–Trinajstić information content (AvgIpc) is 2.41. The summed E-state index contributed by atoms with van der Waals surface area (Å²) < 4.78 is 5.03. The molecule has 1 aromatic heterocycles. The topological polar surface area (TPSA) is 84.3 Å². The number of carboxylic acid groups (broad SMARTS) is 1. The second kappa shape index (κ2) is 5.53. The van der Waals surface area contributed by atoms with Crippen molar-refractivity contribution in [2.75, 3.05) is 12.4 Å². The normalized spacial score (nSPS) is 10.0. The van der Waals surface area contributed by atoms with E-state index >= 15 is 0 Å². The van der Waals surface area contributed by atoms with Crippen molar-refractivity contribution in [2.24, 2.45) is 0 Å². The predicted octanol–water partition coefficient (Wildman–Crippen LogP) is 2.58. The maximum Gasteiger partial charge on any atom is 0.339 e. The van der Waals surface area contributed by atoms with E-state index in [0.29, 0.717) is 11.5 Å². The predicted molar refractivity (Wildman–Crippen MR) is 70.3 cm³/mol. The van der Waals surface area contributed by atoms with E-state index in [-0.39, 0.29) is 16.3 Å². The summed E-state index contributed by atoms with van der Waals surface area (Å²) in [6, 6.07) is 4.49. The minimum Gasteiger partial charge on any atom is -0.496 e. The van der Waals surface area contributed by atoms with Crippen LogP contribution in [0.3, 0.4) is 0 Å². The molecule has 0 aliphatic carbocycles. The fourth-order valence-corrected chi connectivity index (χ4v) is 1.70. The number of nitrogens with one attached hydrogen (secondary N) is 1. The molecule has 0 fully saturated rings. The Kier molecular flexibility index (Phi) is 3.82. The zero-order valence-corrected chi connectivity index (χ0v) is 10.7. The molecule has 0 spiro atoms. The van der Waals surface area contributed by atoms with E-state index in [4.69, 9.17) is 21.4 Å².